The standard InChI is InChI=1S/C27H24BrFO4/c1-31-21-9-11-23-18(15-21)5-10-22(19-6-12-24(29)25(16-19)32-2)26(23)27(30)17-3-7-20(8-4-17)33-14-13-28/h3-4,6-9,11-12,15-16H,5,10,13-14H2,1-2H3. The van der Waals surface area contributed by atoms with Crippen molar-refractivity contribution in [3.63, 3.8) is 0 Å². The first-order valence-electron chi connectivity index (χ1n) is 10.6. The molecule has 0 radical (unpaired) electrons. The van der Waals surface area contributed by atoms with Gasteiger partial charge in [-0.15, -0.1) is 0 Å². The number of carbonyl (C=O) groups excluding carboxylic acids is 1. The summed E-state index contributed by atoms with van der Waals surface area (Å²) in [5.74, 6) is 1.08. The molecule has 0 saturated carbocycles. The van der Waals surface area contributed by atoms with Crippen molar-refractivity contribution in [3.05, 3.63) is 88.7 Å². The first-order chi connectivity index (χ1) is 16.0. The maximum absolute atomic E-state index is 14.1. The van der Waals surface area contributed by atoms with Crippen LogP contribution in [0.15, 0.2) is 60.7 Å². The number of aryl methyl sites for hydroxylation is 1. The summed E-state index contributed by atoms with van der Waals surface area (Å²) in [4.78, 5) is 13.8. The highest BCUT2D eigenvalue weighted by Crippen LogP contribution is 2.41. The van der Waals surface area contributed by atoms with Crippen molar-refractivity contribution in [1.82, 2.24) is 0 Å². The van der Waals surface area contributed by atoms with E-state index in [2.05, 4.69) is 15.9 Å². The van der Waals surface area contributed by atoms with Gasteiger partial charge in [-0.2, -0.15) is 0 Å². The fraction of sp³-hybridized carbons (Fsp3) is 0.222. The number of ether oxygens (including phenoxy) is 3. The minimum Gasteiger partial charge on any atom is -0.497 e. The number of benzene rings is 3. The molecule has 4 nitrogen and oxygen atoms in total. The molecule has 6 heteroatoms. The van der Waals surface area contributed by atoms with Crippen molar-refractivity contribution in [2.45, 2.75) is 12.8 Å². The van der Waals surface area contributed by atoms with Gasteiger partial charge in [-0.05, 0) is 83.6 Å². The Morgan fingerprint density at radius 2 is 1.70 bits per heavy atom. The van der Waals surface area contributed by atoms with Crippen molar-refractivity contribution in [2.24, 2.45) is 0 Å². The van der Waals surface area contributed by atoms with Gasteiger partial charge in [0.2, 0.25) is 0 Å². The molecule has 33 heavy (non-hydrogen) atoms. The summed E-state index contributed by atoms with van der Waals surface area (Å²) in [6, 6.07) is 17.6. The predicted octanol–water partition coefficient (Wildman–Crippen LogP) is 6.36. The van der Waals surface area contributed by atoms with Gasteiger partial charge in [0, 0.05) is 16.5 Å². The molecule has 170 valence electrons. The van der Waals surface area contributed by atoms with E-state index in [0.717, 1.165) is 39.8 Å². The Bertz CT molecular complexity index is 1200. The fourth-order valence-corrected chi connectivity index (χ4v) is 4.26. The summed E-state index contributed by atoms with van der Waals surface area (Å²) in [7, 11) is 3.06. The summed E-state index contributed by atoms with van der Waals surface area (Å²) in [5, 5.41) is 0.727. The van der Waals surface area contributed by atoms with Crippen LogP contribution in [-0.2, 0) is 6.42 Å². The zero-order valence-corrected chi connectivity index (χ0v) is 20.1. The quantitative estimate of drug-likeness (QED) is 0.261. The number of Topliss-reactive ketones (excluding diaryl/α,β-unsaturated/α-hetero) is 1. The van der Waals surface area contributed by atoms with Crippen LogP contribution in [0, 0.1) is 5.82 Å². The highest BCUT2D eigenvalue weighted by Gasteiger charge is 2.27. The molecule has 1 aliphatic carbocycles. The first-order valence-corrected chi connectivity index (χ1v) is 11.8. The van der Waals surface area contributed by atoms with Crippen LogP contribution in [0.4, 0.5) is 4.39 Å². The smallest absolute Gasteiger partial charge is 0.193 e. The molecule has 4 rings (SSSR count). The Balaban J connectivity index is 1.83. The van der Waals surface area contributed by atoms with E-state index in [1.165, 1.54) is 13.2 Å². The third kappa shape index (κ3) is 4.81. The Morgan fingerprint density at radius 3 is 2.39 bits per heavy atom. The zero-order chi connectivity index (χ0) is 23.4. The van der Waals surface area contributed by atoms with Crippen LogP contribution >= 0.6 is 15.9 Å². The zero-order valence-electron chi connectivity index (χ0n) is 18.5. The molecule has 0 atom stereocenters. The summed E-state index contributed by atoms with van der Waals surface area (Å²) in [6.07, 6.45) is 1.39. The van der Waals surface area contributed by atoms with Crippen molar-refractivity contribution in [2.75, 3.05) is 26.2 Å². The molecule has 0 aromatic heterocycles. The van der Waals surface area contributed by atoms with Crippen LogP contribution in [0.5, 0.6) is 17.2 Å². The lowest BCUT2D eigenvalue weighted by atomic mass is 9.79. The molecule has 0 unspecified atom stereocenters. The summed E-state index contributed by atoms with van der Waals surface area (Å²) in [5.41, 5.74) is 4.73. The minimum absolute atomic E-state index is 0.0912. The number of halogens is 2. The Labute approximate surface area is 201 Å². The van der Waals surface area contributed by atoms with Crippen LogP contribution in [0.2, 0.25) is 0 Å². The molecule has 0 spiro atoms. The minimum atomic E-state index is -0.435. The van der Waals surface area contributed by atoms with Crippen LogP contribution < -0.4 is 14.2 Å². The Morgan fingerprint density at radius 1 is 0.939 bits per heavy atom. The molecule has 3 aromatic carbocycles. The number of carbonyl (C=O) groups is 1. The van der Waals surface area contributed by atoms with Crippen molar-refractivity contribution < 1.29 is 23.4 Å². The molecular formula is C27H24BrFO4. The van der Waals surface area contributed by atoms with Gasteiger partial charge >= 0.3 is 0 Å². The average molecular weight is 511 g/mol. The number of alkyl halides is 1. The van der Waals surface area contributed by atoms with E-state index in [-0.39, 0.29) is 11.5 Å². The number of rotatable bonds is 8. The molecule has 0 saturated heterocycles. The van der Waals surface area contributed by atoms with E-state index >= 15 is 0 Å². The van der Waals surface area contributed by atoms with E-state index in [4.69, 9.17) is 14.2 Å². The van der Waals surface area contributed by atoms with E-state index in [1.807, 2.05) is 18.2 Å². The van der Waals surface area contributed by atoms with Gasteiger partial charge in [0.1, 0.15) is 11.5 Å². The Hall–Kier alpha value is -3.12. The van der Waals surface area contributed by atoms with E-state index in [9.17, 15) is 9.18 Å². The molecule has 0 amide bonds. The monoisotopic (exact) mass is 510 g/mol. The molecule has 0 heterocycles. The second-order valence-electron chi connectivity index (χ2n) is 7.62. The maximum Gasteiger partial charge on any atom is 0.193 e. The van der Waals surface area contributed by atoms with Gasteiger partial charge in [0.05, 0.1) is 20.8 Å². The number of allylic oxidation sites excluding steroid dienone is 2. The summed E-state index contributed by atoms with van der Waals surface area (Å²) < 4.78 is 30.3. The topological polar surface area (TPSA) is 44.8 Å². The predicted molar refractivity (Wildman–Crippen MR) is 131 cm³/mol. The molecule has 0 fully saturated rings. The number of ketones is 1. The Kier molecular flexibility index (Phi) is 7.14. The second kappa shape index (κ2) is 10.2. The summed E-state index contributed by atoms with van der Waals surface area (Å²) >= 11 is 3.34. The van der Waals surface area contributed by atoms with Crippen molar-refractivity contribution in [3.8, 4) is 17.2 Å². The van der Waals surface area contributed by atoms with Crippen LogP contribution in [0.25, 0.3) is 11.1 Å². The fourth-order valence-electron chi connectivity index (χ4n) is 4.09. The van der Waals surface area contributed by atoms with Gasteiger partial charge < -0.3 is 14.2 Å². The van der Waals surface area contributed by atoms with E-state index in [0.29, 0.717) is 29.9 Å². The van der Waals surface area contributed by atoms with Gasteiger partial charge in [0.25, 0.3) is 0 Å². The number of methoxy groups -OCH3 is 2. The second-order valence-corrected chi connectivity index (χ2v) is 8.41. The van der Waals surface area contributed by atoms with Crippen LogP contribution in [0.3, 0.4) is 0 Å². The lowest BCUT2D eigenvalue weighted by Gasteiger charge is -2.24. The lowest BCUT2D eigenvalue weighted by molar-refractivity contribution is 0.105. The third-order valence-corrected chi connectivity index (χ3v) is 6.04. The largest absolute Gasteiger partial charge is 0.497 e. The van der Waals surface area contributed by atoms with Gasteiger partial charge in [-0.3, -0.25) is 4.79 Å². The molecule has 1 aliphatic rings. The number of hydrogen-bond acceptors (Lipinski definition) is 4. The van der Waals surface area contributed by atoms with E-state index < -0.39 is 5.82 Å². The summed E-state index contributed by atoms with van der Waals surface area (Å²) in [6.45, 7) is 0.546. The molecule has 0 bridgehead atoms. The highest BCUT2D eigenvalue weighted by atomic mass is 79.9. The van der Waals surface area contributed by atoms with Crippen LogP contribution in [0.1, 0.15) is 33.5 Å². The highest BCUT2D eigenvalue weighted by molar-refractivity contribution is 9.09. The lowest BCUT2D eigenvalue weighted by Crippen LogP contribution is -2.13. The van der Waals surface area contributed by atoms with Gasteiger partial charge in [-0.25, -0.2) is 4.39 Å². The number of fused-ring (bicyclic) bond motifs is 1. The van der Waals surface area contributed by atoms with Crippen molar-refractivity contribution >= 4 is 32.9 Å². The first kappa shape index (κ1) is 23.1. The third-order valence-electron chi connectivity index (χ3n) is 5.72. The normalized spacial score (nSPS) is 12.8. The molecule has 3 aromatic rings. The van der Waals surface area contributed by atoms with Crippen LogP contribution in [-0.4, -0.2) is 31.9 Å². The molecular weight excluding hydrogens is 487 g/mol. The molecule has 0 aliphatic heterocycles. The van der Waals surface area contributed by atoms with Gasteiger partial charge in [-0.1, -0.05) is 28.1 Å². The maximum atomic E-state index is 14.1. The molecule has 0 N–H and O–H groups in total. The number of hydrogen-bond donors (Lipinski definition) is 0. The van der Waals surface area contributed by atoms with E-state index in [1.54, 1.807) is 43.5 Å². The SMILES string of the molecule is COc1ccc2c(c1)CCC(c1ccc(F)c(OC)c1)=C2C(=O)c1ccc(OCCBr)cc1. The average Bonchev–Trinajstić information content (AvgIpc) is 2.86. The van der Waals surface area contributed by atoms with Crippen molar-refractivity contribution in [1.29, 1.82) is 0 Å². The van der Waals surface area contributed by atoms with Gasteiger partial charge in [0.15, 0.2) is 17.3 Å².